The van der Waals surface area contributed by atoms with Gasteiger partial charge in [-0.2, -0.15) is 5.26 Å². The zero-order valence-electron chi connectivity index (χ0n) is 18.8. The minimum atomic E-state index is -1.11. The first-order valence-electron chi connectivity index (χ1n) is 10.7. The maximum atomic E-state index is 13.2. The van der Waals surface area contributed by atoms with Crippen LogP contribution in [-0.4, -0.2) is 17.6 Å². The summed E-state index contributed by atoms with van der Waals surface area (Å²) in [4.78, 5) is 13.2. The molecule has 0 bridgehead atoms. The molecule has 0 aliphatic heterocycles. The fourth-order valence-corrected chi connectivity index (χ4v) is 3.96. The number of ether oxygens (including phenoxy) is 1. The van der Waals surface area contributed by atoms with E-state index < -0.39 is 5.60 Å². The maximum Gasteiger partial charge on any atom is 0.263 e. The fourth-order valence-electron chi connectivity index (χ4n) is 3.65. The lowest BCUT2D eigenvalue weighted by Gasteiger charge is -2.31. The van der Waals surface area contributed by atoms with E-state index in [1.807, 2.05) is 49.4 Å². The minimum absolute atomic E-state index is 0.0644. The van der Waals surface area contributed by atoms with Gasteiger partial charge in [0.05, 0.1) is 11.6 Å². The van der Waals surface area contributed by atoms with E-state index in [1.54, 1.807) is 44.2 Å². The number of hydrogen-bond donors (Lipinski definition) is 1. The second-order valence-electron chi connectivity index (χ2n) is 8.51. The minimum Gasteiger partial charge on any atom is -0.478 e. The molecule has 0 saturated heterocycles. The quantitative estimate of drug-likeness (QED) is 0.397. The second kappa shape index (κ2) is 10.7. The molecule has 0 heterocycles. The van der Waals surface area contributed by atoms with E-state index in [2.05, 4.69) is 11.4 Å². The number of benzene rings is 3. The van der Waals surface area contributed by atoms with Gasteiger partial charge >= 0.3 is 0 Å². The molecule has 3 aromatic rings. The lowest BCUT2D eigenvalue weighted by atomic mass is 9.85. The van der Waals surface area contributed by atoms with E-state index in [9.17, 15) is 10.1 Å². The van der Waals surface area contributed by atoms with Crippen molar-refractivity contribution in [2.24, 2.45) is 0 Å². The van der Waals surface area contributed by atoms with Gasteiger partial charge in [0.1, 0.15) is 5.75 Å². The molecule has 2 atom stereocenters. The third-order valence-corrected chi connectivity index (χ3v) is 5.98. The molecule has 33 heavy (non-hydrogen) atoms. The number of nitriles is 1. The summed E-state index contributed by atoms with van der Waals surface area (Å²) in [7, 11) is 0. The molecule has 3 rings (SSSR count). The summed E-state index contributed by atoms with van der Waals surface area (Å²) < 4.78 is 5.94. The Balaban J connectivity index is 1.82. The number of carbonyl (C=O) groups excluding carboxylic acids is 1. The average molecular weight is 481 g/mol. The van der Waals surface area contributed by atoms with Crippen LogP contribution in [0.4, 0.5) is 0 Å². The number of nitrogens with one attached hydrogen (secondary N) is 1. The third kappa shape index (κ3) is 6.74. The van der Waals surface area contributed by atoms with Crippen LogP contribution in [0.5, 0.6) is 5.75 Å². The Morgan fingerprint density at radius 3 is 2.39 bits per heavy atom. The number of nitrogens with zero attached hydrogens (tertiary/aromatic N) is 1. The molecule has 0 aliphatic rings. The first kappa shape index (κ1) is 24.6. The van der Waals surface area contributed by atoms with Crippen molar-refractivity contribution in [1.29, 1.82) is 5.26 Å². The van der Waals surface area contributed by atoms with E-state index in [0.717, 1.165) is 11.1 Å². The molecule has 0 saturated carbocycles. The van der Waals surface area contributed by atoms with Gasteiger partial charge in [0, 0.05) is 22.0 Å². The largest absolute Gasteiger partial charge is 0.478 e. The van der Waals surface area contributed by atoms with Crippen molar-refractivity contribution < 1.29 is 9.53 Å². The van der Waals surface area contributed by atoms with Crippen LogP contribution < -0.4 is 10.1 Å². The molecule has 0 radical (unpaired) electrons. The van der Waals surface area contributed by atoms with Crippen molar-refractivity contribution >= 4 is 29.1 Å². The van der Waals surface area contributed by atoms with E-state index in [-0.39, 0.29) is 17.9 Å². The Kier molecular flexibility index (Phi) is 8.02. The Bertz CT molecular complexity index is 1150. The van der Waals surface area contributed by atoms with Crippen molar-refractivity contribution in [1.82, 2.24) is 5.32 Å². The lowest BCUT2D eigenvalue weighted by Crippen LogP contribution is -2.51. The first-order chi connectivity index (χ1) is 15.7. The molecular weight excluding hydrogens is 455 g/mol. The summed E-state index contributed by atoms with van der Waals surface area (Å²) in [5.41, 5.74) is 1.53. The molecule has 1 N–H and O–H groups in total. The smallest absolute Gasteiger partial charge is 0.263 e. The number of carbonyl (C=O) groups is 1. The van der Waals surface area contributed by atoms with Crippen molar-refractivity contribution in [2.75, 3.05) is 0 Å². The molecule has 0 aliphatic carbocycles. The van der Waals surface area contributed by atoms with Gasteiger partial charge in [-0.25, -0.2) is 0 Å². The Morgan fingerprint density at radius 1 is 1.03 bits per heavy atom. The third-order valence-electron chi connectivity index (χ3n) is 5.49. The zero-order chi connectivity index (χ0) is 24.0. The van der Waals surface area contributed by atoms with Gasteiger partial charge < -0.3 is 10.1 Å². The van der Waals surface area contributed by atoms with Gasteiger partial charge in [0.25, 0.3) is 5.91 Å². The van der Waals surface area contributed by atoms with Gasteiger partial charge in [-0.1, -0.05) is 53.5 Å². The van der Waals surface area contributed by atoms with Crippen molar-refractivity contribution in [3.05, 3.63) is 99.5 Å². The topological polar surface area (TPSA) is 62.1 Å². The van der Waals surface area contributed by atoms with Gasteiger partial charge in [0.15, 0.2) is 5.60 Å². The van der Waals surface area contributed by atoms with Gasteiger partial charge in [-0.05, 0) is 80.8 Å². The highest BCUT2D eigenvalue weighted by molar-refractivity contribution is 6.30. The van der Waals surface area contributed by atoms with Crippen LogP contribution in [0.1, 0.15) is 43.4 Å². The molecule has 6 heteroatoms. The van der Waals surface area contributed by atoms with Crippen molar-refractivity contribution in [2.45, 2.75) is 44.8 Å². The second-order valence-corrected chi connectivity index (χ2v) is 9.38. The number of amides is 1. The lowest BCUT2D eigenvalue weighted by molar-refractivity contribution is -0.135. The molecule has 0 aromatic heterocycles. The predicted octanol–water partition coefficient (Wildman–Crippen LogP) is 6.55. The maximum absolute atomic E-state index is 13.2. The van der Waals surface area contributed by atoms with Crippen LogP contribution in [0.25, 0.3) is 0 Å². The normalized spacial score (nSPS) is 13.0. The summed E-state index contributed by atoms with van der Waals surface area (Å²) in [6.45, 7) is 5.41. The fraction of sp³-hybridized carbons (Fsp3) is 0.259. The van der Waals surface area contributed by atoms with E-state index in [0.29, 0.717) is 27.8 Å². The monoisotopic (exact) mass is 480 g/mol. The van der Waals surface area contributed by atoms with Crippen molar-refractivity contribution in [3.8, 4) is 11.8 Å². The summed E-state index contributed by atoms with van der Waals surface area (Å²) in [5.74, 6) is 0.215. The Labute approximate surface area is 205 Å². The number of rotatable bonds is 8. The highest BCUT2D eigenvalue weighted by atomic mass is 35.5. The molecule has 0 fully saturated rings. The Hall–Kier alpha value is -3.00. The SMILES string of the molecule is C[C@H](NC(=O)C(C)(C)Oc1cccc(Cl)c1)[C@H](Cc1ccc(Cl)cc1)c1cccc(C#N)c1. The van der Waals surface area contributed by atoms with Crippen LogP contribution in [-0.2, 0) is 11.2 Å². The molecular formula is C27H26Cl2N2O2. The standard InChI is InChI=1S/C27H26Cl2N2O2/c1-18(31-26(32)27(2,3)33-24-9-5-8-23(29)16-24)25(15-19-10-12-22(28)13-11-19)21-7-4-6-20(14-21)17-30/h4-14,16,18,25H,15H2,1-3H3,(H,31,32)/t18-,25-/m0/s1. The molecule has 4 nitrogen and oxygen atoms in total. The van der Waals surface area contributed by atoms with Crippen LogP contribution in [0.2, 0.25) is 10.0 Å². The van der Waals surface area contributed by atoms with Crippen LogP contribution in [0.3, 0.4) is 0 Å². The van der Waals surface area contributed by atoms with Gasteiger partial charge in [0.2, 0.25) is 0 Å². The number of halogens is 2. The molecule has 3 aromatic carbocycles. The highest BCUT2D eigenvalue weighted by Gasteiger charge is 2.33. The Morgan fingerprint density at radius 2 is 1.73 bits per heavy atom. The molecule has 0 unspecified atom stereocenters. The molecule has 1 amide bonds. The molecule has 0 spiro atoms. The average Bonchev–Trinajstić information content (AvgIpc) is 2.78. The van der Waals surface area contributed by atoms with Gasteiger partial charge in [-0.15, -0.1) is 0 Å². The summed E-state index contributed by atoms with van der Waals surface area (Å²) >= 11 is 12.1. The van der Waals surface area contributed by atoms with Crippen molar-refractivity contribution in [3.63, 3.8) is 0 Å². The van der Waals surface area contributed by atoms with E-state index in [4.69, 9.17) is 27.9 Å². The number of hydrogen-bond acceptors (Lipinski definition) is 3. The van der Waals surface area contributed by atoms with Crippen LogP contribution in [0.15, 0.2) is 72.8 Å². The summed E-state index contributed by atoms with van der Waals surface area (Å²) in [6, 6.07) is 24.1. The first-order valence-corrected chi connectivity index (χ1v) is 11.4. The van der Waals surface area contributed by atoms with Crippen LogP contribution >= 0.6 is 23.2 Å². The van der Waals surface area contributed by atoms with Crippen LogP contribution in [0, 0.1) is 11.3 Å². The van der Waals surface area contributed by atoms with E-state index in [1.165, 1.54) is 0 Å². The summed E-state index contributed by atoms with van der Waals surface area (Å²) in [6.07, 6.45) is 0.670. The van der Waals surface area contributed by atoms with E-state index >= 15 is 0 Å². The zero-order valence-corrected chi connectivity index (χ0v) is 20.3. The van der Waals surface area contributed by atoms with Gasteiger partial charge in [-0.3, -0.25) is 4.79 Å². The summed E-state index contributed by atoms with van der Waals surface area (Å²) in [5, 5.41) is 13.7. The highest BCUT2D eigenvalue weighted by Crippen LogP contribution is 2.28. The predicted molar refractivity (Wildman–Crippen MR) is 133 cm³/mol. The molecule has 170 valence electrons.